The lowest BCUT2D eigenvalue weighted by atomic mass is 10.1. The van der Waals surface area contributed by atoms with Crippen molar-refractivity contribution in [2.75, 3.05) is 7.05 Å². The maximum absolute atomic E-state index is 4.40. The minimum absolute atomic E-state index is 0.318. The Morgan fingerprint density at radius 2 is 2.00 bits per heavy atom. The van der Waals surface area contributed by atoms with Crippen molar-refractivity contribution in [2.45, 2.75) is 23.0 Å². The average molecular weight is 246 g/mol. The van der Waals surface area contributed by atoms with E-state index in [4.69, 9.17) is 0 Å². The minimum atomic E-state index is 0.318. The fraction of sp³-hybridized carbons (Fsp3) is 0.250. The standard InChI is InChI=1S/C12H14N4S/c1-9(13-2)10-3-4-11(16-7-10)17-12-8-14-5-6-15-12/h3-9,13H,1-2H3. The molecular weight excluding hydrogens is 232 g/mol. The van der Waals surface area contributed by atoms with Crippen molar-refractivity contribution in [1.82, 2.24) is 20.3 Å². The Kier molecular flexibility index (Phi) is 4.06. The van der Waals surface area contributed by atoms with Crippen molar-refractivity contribution in [3.05, 3.63) is 42.5 Å². The molecule has 0 amide bonds. The van der Waals surface area contributed by atoms with Crippen LogP contribution < -0.4 is 5.32 Å². The second-order valence-electron chi connectivity index (χ2n) is 3.59. The molecule has 2 rings (SSSR count). The molecule has 88 valence electrons. The van der Waals surface area contributed by atoms with Gasteiger partial charge in [0.05, 0.1) is 6.20 Å². The quantitative estimate of drug-likeness (QED) is 0.897. The fourth-order valence-corrected chi connectivity index (χ4v) is 2.00. The number of nitrogens with one attached hydrogen (secondary N) is 1. The molecule has 1 atom stereocenters. The highest BCUT2D eigenvalue weighted by Gasteiger charge is 2.04. The van der Waals surface area contributed by atoms with Crippen molar-refractivity contribution in [3.63, 3.8) is 0 Å². The summed E-state index contributed by atoms with van der Waals surface area (Å²) in [4.78, 5) is 12.6. The summed E-state index contributed by atoms with van der Waals surface area (Å²) in [5.41, 5.74) is 1.18. The summed E-state index contributed by atoms with van der Waals surface area (Å²) in [7, 11) is 1.94. The lowest BCUT2D eigenvalue weighted by molar-refractivity contribution is 0.648. The zero-order valence-electron chi connectivity index (χ0n) is 9.79. The van der Waals surface area contributed by atoms with E-state index in [-0.39, 0.29) is 0 Å². The van der Waals surface area contributed by atoms with E-state index in [9.17, 15) is 0 Å². The van der Waals surface area contributed by atoms with Gasteiger partial charge in [-0.1, -0.05) is 6.07 Å². The second-order valence-corrected chi connectivity index (χ2v) is 4.63. The van der Waals surface area contributed by atoms with Crippen LogP contribution in [0.4, 0.5) is 0 Å². The van der Waals surface area contributed by atoms with Crippen LogP contribution in [0.15, 0.2) is 47.0 Å². The van der Waals surface area contributed by atoms with E-state index in [1.54, 1.807) is 18.6 Å². The monoisotopic (exact) mass is 246 g/mol. The van der Waals surface area contributed by atoms with E-state index >= 15 is 0 Å². The van der Waals surface area contributed by atoms with Gasteiger partial charge in [0, 0.05) is 24.6 Å². The van der Waals surface area contributed by atoms with Crippen molar-refractivity contribution in [2.24, 2.45) is 0 Å². The van der Waals surface area contributed by atoms with Crippen molar-refractivity contribution in [1.29, 1.82) is 0 Å². The van der Waals surface area contributed by atoms with Gasteiger partial charge in [0.25, 0.3) is 0 Å². The van der Waals surface area contributed by atoms with Gasteiger partial charge < -0.3 is 5.32 Å². The van der Waals surface area contributed by atoms with Gasteiger partial charge >= 0.3 is 0 Å². The highest BCUT2D eigenvalue weighted by atomic mass is 32.2. The first kappa shape index (κ1) is 12.0. The predicted octanol–water partition coefficient (Wildman–Crippen LogP) is 2.30. The van der Waals surface area contributed by atoms with Crippen LogP contribution in [0.25, 0.3) is 0 Å². The van der Waals surface area contributed by atoms with E-state index in [2.05, 4.69) is 33.3 Å². The van der Waals surface area contributed by atoms with Crippen LogP contribution in [0.1, 0.15) is 18.5 Å². The summed E-state index contributed by atoms with van der Waals surface area (Å²) in [6, 6.07) is 4.40. The lowest BCUT2D eigenvalue weighted by Crippen LogP contribution is -2.12. The number of pyridine rings is 1. The van der Waals surface area contributed by atoms with Crippen molar-refractivity contribution >= 4 is 11.8 Å². The molecule has 2 aromatic rings. The SMILES string of the molecule is CNC(C)c1ccc(Sc2cnccn2)nc1. The molecule has 0 saturated carbocycles. The van der Waals surface area contributed by atoms with Crippen LogP contribution in [0.2, 0.25) is 0 Å². The van der Waals surface area contributed by atoms with Crippen LogP contribution in [0, 0.1) is 0 Å². The van der Waals surface area contributed by atoms with Crippen LogP contribution >= 0.6 is 11.8 Å². The molecule has 4 nitrogen and oxygen atoms in total. The number of hydrogen-bond acceptors (Lipinski definition) is 5. The maximum Gasteiger partial charge on any atom is 0.121 e. The normalized spacial score (nSPS) is 12.4. The van der Waals surface area contributed by atoms with E-state index in [1.807, 2.05) is 19.3 Å². The summed E-state index contributed by atoms with van der Waals surface area (Å²) in [5, 5.41) is 4.97. The molecule has 0 aliphatic heterocycles. The first-order valence-electron chi connectivity index (χ1n) is 5.36. The van der Waals surface area contributed by atoms with E-state index in [1.165, 1.54) is 17.3 Å². The maximum atomic E-state index is 4.40. The molecule has 0 aliphatic carbocycles. The fourth-order valence-electron chi connectivity index (χ4n) is 1.32. The first-order valence-corrected chi connectivity index (χ1v) is 6.18. The zero-order chi connectivity index (χ0) is 12.1. The number of hydrogen-bond donors (Lipinski definition) is 1. The third-order valence-corrected chi connectivity index (χ3v) is 3.31. The van der Waals surface area contributed by atoms with Crippen LogP contribution in [0.3, 0.4) is 0 Å². The molecule has 0 saturated heterocycles. The van der Waals surface area contributed by atoms with Gasteiger partial charge in [-0.25, -0.2) is 9.97 Å². The minimum Gasteiger partial charge on any atom is -0.313 e. The Morgan fingerprint density at radius 1 is 1.12 bits per heavy atom. The smallest absolute Gasteiger partial charge is 0.121 e. The first-order chi connectivity index (χ1) is 8.29. The van der Waals surface area contributed by atoms with Crippen molar-refractivity contribution in [3.8, 4) is 0 Å². The molecule has 0 radical (unpaired) electrons. The van der Waals surface area contributed by atoms with E-state index in [0.29, 0.717) is 6.04 Å². The largest absolute Gasteiger partial charge is 0.313 e. The van der Waals surface area contributed by atoms with E-state index in [0.717, 1.165) is 10.1 Å². The molecule has 0 spiro atoms. The third-order valence-electron chi connectivity index (χ3n) is 2.44. The summed E-state index contributed by atoms with van der Waals surface area (Å²) in [6.45, 7) is 2.10. The Labute approximate surface area is 105 Å². The zero-order valence-corrected chi connectivity index (χ0v) is 10.6. The van der Waals surface area contributed by atoms with Gasteiger partial charge in [-0.3, -0.25) is 4.98 Å². The molecule has 17 heavy (non-hydrogen) atoms. The molecule has 0 aromatic carbocycles. The topological polar surface area (TPSA) is 50.7 Å². The van der Waals surface area contributed by atoms with Crippen LogP contribution in [0.5, 0.6) is 0 Å². The Hall–Kier alpha value is -1.46. The highest BCUT2D eigenvalue weighted by molar-refractivity contribution is 7.99. The van der Waals surface area contributed by atoms with Gasteiger partial charge in [0.2, 0.25) is 0 Å². The van der Waals surface area contributed by atoms with Gasteiger partial charge in [0.15, 0.2) is 0 Å². The number of rotatable bonds is 4. The highest BCUT2D eigenvalue weighted by Crippen LogP contribution is 2.23. The Bertz CT molecular complexity index is 458. The molecule has 2 aromatic heterocycles. The van der Waals surface area contributed by atoms with Gasteiger partial charge in [-0.05, 0) is 37.4 Å². The van der Waals surface area contributed by atoms with Crippen molar-refractivity contribution < 1.29 is 0 Å². The summed E-state index contributed by atoms with van der Waals surface area (Å²) < 4.78 is 0. The summed E-state index contributed by atoms with van der Waals surface area (Å²) in [5.74, 6) is 0. The number of aromatic nitrogens is 3. The molecule has 0 aliphatic rings. The second kappa shape index (κ2) is 5.75. The lowest BCUT2D eigenvalue weighted by Gasteiger charge is -2.09. The molecule has 1 N–H and O–H groups in total. The summed E-state index contributed by atoms with van der Waals surface area (Å²) >= 11 is 1.51. The van der Waals surface area contributed by atoms with Gasteiger partial charge in [-0.15, -0.1) is 0 Å². The molecule has 5 heteroatoms. The number of nitrogens with zero attached hydrogens (tertiary/aromatic N) is 3. The summed E-state index contributed by atoms with van der Waals surface area (Å²) in [6.07, 6.45) is 6.96. The van der Waals surface area contributed by atoms with E-state index < -0.39 is 0 Å². The average Bonchev–Trinajstić information content (AvgIpc) is 2.40. The third kappa shape index (κ3) is 3.25. The molecule has 2 heterocycles. The molecule has 0 fully saturated rings. The Balaban J connectivity index is 2.08. The van der Waals surface area contributed by atoms with Crippen LogP contribution in [-0.4, -0.2) is 22.0 Å². The molecular formula is C12H14N4S. The Morgan fingerprint density at radius 3 is 2.59 bits per heavy atom. The predicted molar refractivity (Wildman–Crippen MR) is 67.9 cm³/mol. The van der Waals surface area contributed by atoms with Crippen LogP contribution in [-0.2, 0) is 0 Å². The molecule has 0 bridgehead atoms. The van der Waals surface area contributed by atoms with Gasteiger partial charge in [0.1, 0.15) is 10.1 Å². The van der Waals surface area contributed by atoms with Gasteiger partial charge in [-0.2, -0.15) is 0 Å². The molecule has 1 unspecified atom stereocenters.